The monoisotopic (exact) mass is 255 g/mol. The number of nitrogens with one attached hydrogen (secondary N) is 1. The van der Waals surface area contributed by atoms with E-state index in [9.17, 15) is 9.90 Å². The maximum absolute atomic E-state index is 11.7. The molecular weight excluding hydrogens is 230 g/mol. The molecule has 18 heavy (non-hydrogen) atoms. The second-order valence-corrected chi connectivity index (χ2v) is 6.87. The molecule has 4 heteroatoms. The maximum atomic E-state index is 11.7. The number of carbonyl (C=O) groups is 1. The van der Waals surface area contributed by atoms with Crippen molar-refractivity contribution >= 4 is 6.09 Å². The van der Waals surface area contributed by atoms with Crippen molar-refractivity contribution in [1.82, 2.24) is 5.32 Å². The van der Waals surface area contributed by atoms with Gasteiger partial charge in [-0.3, -0.25) is 0 Å². The average Bonchev–Trinajstić information content (AvgIpc) is 2.93. The van der Waals surface area contributed by atoms with Crippen LogP contribution < -0.4 is 5.32 Å². The van der Waals surface area contributed by atoms with Crippen molar-refractivity contribution in [3.63, 3.8) is 0 Å². The summed E-state index contributed by atoms with van der Waals surface area (Å²) in [5, 5.41) is 12.1. The van der Waals surface area contributed by atoms with Crippen LogP contribution in [0, 0.1) is 11.3 Å². The molecule has 0 aromatic carbocycles. The molecule has 0 aromatic rings. The summed E-state index contributed by atoms with van der Waals surface area (Å²) in [5.41, 5.74) is -0.0285. The Morgan fingerprint density at radius 3 is 2.44 bits per heavy atom. The lowest BCUT2D eigenvalue weighted by Crippen LogP contribution is -2.41. The fourth-order valence-corrected chi connectivity index (χ4v) is 3.11. The summed E-state index contributed by atoms with van der Waals surface area (Å²) in [4.78, 5) is 11.7. The number of rotatable bonds is 2. The number of hydrogen-bond donors (Lipinski definition) is 2. The number of alkyl carbamates (subject to hydrolysis) is 1. The topological polar surface area (TPSA) is 58.6 Å². The van der Waals surface area contributed by atoms with Gasteiger partial charge in [-0.05, 0) is 64.2 Å². The van der Waals surface area contributed by atoms with E-state index in [0.29, 0.717) is 17.9 Å². The Morgan fingerprint density at radius 1 is 1.39 bits per heavy atom. The Bertz CT molecular complexity index is 313. The van der Waals surface area contributed by atoms with Crippen LogP contribution in [-0.4, -0.2) is 29.4 Å². The van der Waals surface area contributed by atoms with E-state index in [0.717, 1.165) is 25.7 Å². The molecule has 2 rings (SSSR count). The Balaban J connectivity index is 1.73. The summed E-state index contributed by atoms with van der Waals surface area (Å²) in [6.07, 6.45) is 5.13. The van der Waals surface area contributed by atoms with Gasteiger partial charge in [0.25, 0.3) is 0 Å². The highest BCUT2D eigenvalue weighted by atomic mass is 16.6. The van der Waals surface area contributed by atoms with Gasteiger partial charge >= 0.3 is 6.09 Å². The molecule has 0 radical (unpaired) electrons. The molecule has 4 nitrogen and oxygen atoms in total. The zero-order valence-electron chi connectivity index (χ0n) is 11.7. The van der Waals surface area contributed by atoms with Crippen molar-refractivity contribution in [2.24, 2.45) is 11.3 Å². The molecule has 2 aliphatic rings. The number of aliphatic hydroxyl groups excluding tert-OH is 1. The molecule has 2 aliphatic carbocycles. The lowest BCUT2D eigenvalue weighted by molar-refractivity contribution is 0.0482. The van der Waals surface area contributed by atoms with E-state index in [1.165, 1.54) is 6.42 Å². The molecule has 1 atom stereocenters. The molecule has 0 saturated heterocycles. The second kappa shape index (κ2) is 4.72. The minimum Gasteiger partial charge on any atom is -0.444 e. The number of carbonyl (C=O) groups excluding carboxylic acids is 1. The highest BCUT2D eigenvalue weighted by molar-refractivity contribution is 5.68. The van der Waals surface area contributed by atoms with Crippen LogP contribution in [0.2, 0.25) is 0 Å². The van der Waals surface area contributed by atoms with Crippen LogP contribution >= 0.6 is 0 Å². The maximum Gasteiger partial charge on any atom is 0.407 e. The summed E-state index contributed by atoms with van der Waals surface area (Å²) in [6.45, 7) is 5.94. The van der Waals surface area contributed by atoms with Crippen molar-refractivity contribution in [3.05, 3.63) is 0 Å². The summed E-state index contributed by atoms with van der Waals surface area (Å²) < 4.78 is 5.26. The molecule has 0 aromatic heterocycles. The Morgan fingerprint density at radius 2 is 2.00 bits per heavy atom. The smallest absolute Gasteiger partial charge is 0.407 e. The van der Waals surface area contributed by atoms with Gasteiger partial charge in [0.2, 0.25) is 0 Å². The minimum absolute atomic E-state index is 0.241. The van der Waals surface area contributed by atoms with E-state index in [1.54, 1.807) is 0 Å². The SMILES string of the molecule is CC(C)(C)OC(=O)NC1CCC2(CC1)C[C@@H]2CO. The van der Waals surface area contributed by atoms with Crippen LogP contribution in [-0.2, 0) is 4.74 Å². The van der Waals surface area contributed by atoms with E-state index in [2.05, 4.69) is 5.32 Å². The van der Waals surface area contributed by atoms with Gasteiger partial charge in [0, 0.05) is 12.6 Å². The molecule has 1 spiro atoms. The van der Waals surface area contributed by atoms with Crippen LogP contribution in [0.1, 0.15) is 52.9 Å². The van der Waals surface area contributed by atoms with Crippen LogP contribution in [0.3, 0.4) is 0 Å². The fraction of sp³-hybridized carbons (Fsp3) is 0.929. The molecule has 2 fully saturated rings. The van der Waals surface area contributed by atoms with Gasteiger partial charge < -0.3 is 15.2 Å². The van der Waals surface area contributed by atoms with Crippen LogP contribution in [0.5, 0.6) is 0 Å². The summed E-state index contributed by atoms with van der Waals surface area (Å²) in [6, 6.07) is 0.241. The first-order valence-electron chi connectivity index (χ1n) is 6.95. The van der Waals surface area contributed by atoms with Crippen molar-refractivity contribution in [3.8, 4) is 0 Å². The predicted octanol–water partition coefficient (Wildman–Crippen LogP) is 2.45. The van der Waals surface area contributed by atoms with Crippen molar-refractivity contribution in [2.45, 2.75) is 64.5 Å². The normalized spacial score (nSPS) is 35.3. The molecule has 0 unspecified atom stereocenters. The lowest BCUT2D eigenvalue weighted by Gasteiger charge is -2.30. The van der Waals surface area contributed by atoms with Crippen molar-refractivity contribution in [1.29, 1.82) is 0 Å². The summed E-state index contributed by atoms with van der Waals surface area (Å²) in [7, 11) is 0. The molecule has 2 saturated carbocycles. The van der Waals surface area contributed by atoms with E-state index >= 15 is 0 Å². The fourth-order valence-electron chi connectivity index (χ4n) is 3.11. The summed E-state index contributed by atoms with van der Waals surface area (Å²) in [5.74, 6) is 0.514. The standard InChI is InChI=1S/C14H25NO3/c1-13(2,3)18-12(17)15-11-4-6-14(7-5-11)8-10(14)9-16/h10-11,16H,4-9H2,1-3H3,(H,15,17)/t10-,11?,14?/m1/s1. The van der Waals surface area contributed by atoms with Crippen molar-refractivity contribution in [2.75, 3.05) is 6.61 Å². The molecule has 0 heterocycles. The van der Waals surface area contributed by atoms with E-state index in [1.807, 2.05) is 20.8 Å². The third-order valence-corrected chi connectivity index (χ3v) is 4.28. The van der Waals surface area contributed by atoms with E-state index in [4.69, 9.17) is 4.74 Å². The third-order valence-electron chi connectivity index (χ3n) is 4.28. The van der Waals surface area contributed by atoms with Gasteiger partial charge in [0.15, 0.2) is 0 Å². The van der Waals surface area contributed by atoms with Gasteiger partial charge in [0.05, 0.1) is 0 Å². The van der Waals surface area contributed by atoms with Gasteiger partial charge in [-0.15, -0.1) is 0 Å². The first kappa shape index (κ1) is 13.7. The number of ether oxygens (including phenoxy) is 1. The summed E-state index contributed by atoms with van der Waals surface area (Å²) >= 11 is 0. The Kier molecular flexibility index (Phi) is 3.58. The largest absolute Gasteiger partial charge is 0.444 e. The Labute approximate surface area is 109 Å². The zero-order valence-corrected chi connectivity index (χ0v) is 11.7. The molecule has 0 bridgehead atoms. The lowest BCUT2D eigenvalue weighted by atomic mass is 9.82. The van der Waals surface area contributed by atoms with E-state index in [-0.39, 0.29) is 12.1 Å². The quantitative estimate of drug-likeness (QED) is 0.797. The van der Waals surface area contributed by atoms with Crippen LogP contribution in [0.4, 0.5) is 4.79 Å². The van der Waals surface area contributed by atoms with Gasteiger partial charge in [0.1, 0.15) is 5.60 Å². The van der Waals surface area contributed by atoms with E-state index < -0.39 is 5.60 Å². The number of amides is 1. The first-order chi connectivity index (χ1) is 8.35. The predicted molar refractivity (Wildman–Crippen MR) is 69.3 cm³/mol. The molecule has 0 aliphatic heterocycles. The minimum atomic E-state index is -0.432. The second-order valence-electron chi connectivity index (χ2n) is 6.87. The van der Waals surface area contributed by atoms with Crippen LogP contribution in [0.15, 0.2) is 0 Å². The number of hydrogen-bond acceptors (Lipinski definition) is 3. The molecular formula is C14H25NO3. The highest BCUT2D eigenvalue weighted by Crippen LogP contribution is 2.60. The number of aliphatic hydroxyl groups is 1. The van der Waals surface area contributed by atoms with Gasteiger partial charge in [-0.25, -0.2) is 4.79 Å². The molecule has 1 amide bonds. The van der Waals surface area contributed by atoms with Crippen molar-refractivity contribution < 1.29 is 14.6 Å². The highest BCUT2D eigenvalue weighted by Gasteiger charge is 2.54. The first-order valence-corrected chi connectivity index (χ1v) is 6.95. The third kappa shape index (κ3) is 3.16. The Hall–Kier alpha value is -0.770. The average molecular weight is 255 g/mol. The zero-order chi connectivity index (χ0) is 13.4. The van der Waals surface area contributed by atoms with Gasteiger partial charge in [-0.1, -0.05) is 0 Å². The molecule has 2 N–H and O–H groups in total. The molecule has 104 valence electrons. The van der Waals surface area contributed by atoms with Gasteiger partial charge in [-0.2, -0.15) is 0 Å². The van der Waals surface area contributed by atoms with Crippen LogP contribution in [0.25, 0.3) is 0 Å².